The Morgan fingerprint density at radius 2 is 1.94 bits per heavy atom. The fraction of sp³-hybridized carbons (Fsp3) is 0.167. The maximum Gasteiger partial charge on any atom is 0.416 e. The Bertz CT molecular complexity index is 516. The van der Waals surface area contributed by atoms with E-state index in [1.165, 1.54) is 12.2 Å². The number of alkyl halides is 3. The monoisotopic (exact) mass is 236 g/mol. The van der Waals surface area contributed by atoms with Crippen LogP contribution in [0.3, 0.4) is 0 Å². The summed E-state index contributed by atoms with van der Waals surface area (Å²) in [5.74, 6) is 0. The van der Waals surface area contributed by atoms with E-state index in [0.29, 0.717) is 0 Å². The van der Waals surface area contributed by atoms with E-state index in [9.17, 15) is 13.2 Å². The van der Waals surface area contributed by atoms with Crippen molar-refractivity contribution in [3.8, 4) is 12.1 Å². The molecule has 0 aromatic heterocycles. The number of halogens is 3. The van der Waals surface area contributed by atoms with Crippen LogP contribution in [-0.4, -0.2) is 0 Å². The van der Waals surface area contributed by atoms with Gasteiger partial charge in [-0.2, -0.15) is 23.7 Å². The Labute approximate surface area is 96.2 Å². The normalized spacial score (nSPS) is 11.1. The molecule has 1 aromatic carbocycles. The first-order valence-electron chi connectivity index (χ1n) is 4.64. The van der Waals surface area contributed by atoms with E-state index < -0.39 is 11.7 Å². The number of hydrogen-bond acceptors (Lipinski definition) is 2. The molecule has 0 heterocycles. The first kappa shape index (κ1) is 12.8. The lowest BCUT2D eigenvalue weighted by molar-refractivity contribution is -0.137. The summed E-state index contributed by atoms with van der Waals surface area (Å²) in [7, 11) is 0. The number of benzene rings is 1. The Morgan fingerprint density at radius 3 is 2.47 bits per heavy atom. The van der Waals surface area contributed by atoms with Crippen LogP contribution < -0.4 is 0 Å². The largest absolute Gasteiger partial charge is 0.416 e. The summed E-state index contributed by atoms with van der Waals surface area (Å²) in [6.07, 6.45) is -1.60. The highest BCUT2D eigenvalue weighted by Crippen LogP contribution is 2.30. The van der Waals surface area contributed by atoms with Crippen molar-refractivity contribution in [1.29, 1.82) is 10.5 Å². The molecular weight excluding hydrogens is 229 g/mol. The molecule has 2 nitrogen and oxygen atoms in total. The fourth-order valence-electron chi connectivity index (χ4n) is 1.22. The van der Waals surface area contributed by atoms with Crippen LogP contribution in [0, 0.1) is 22.7 Å². The minimum Gasteiger partial charge on any atom is -0.198 e. The molecule has 0 N–H and O–H groups in total. The van der Waals surface area contributed by atoms with E-state index in [4.69, 9.17) is 10.5 Å². The van der Waals surface area contributed by atoms with E-state index >= 15 is 0 Å². The van der Waals surface area contributed by atoms with Gasteiger partial charge in [0.1, 0.15) is 0 Å². The molecule has 1 rings (SSSR count). The molecule has 0 aliphatic rings. The van der Waals surface area contributed by atoms with E-state index in [0.717, 1.165) is 18.2 Å². The zero-order chi connectivity index (χ0) is 12.9. The minimum atomic E-state index is -4.44. The Balaban J connectivity index is 3.18. The van der Waals surface area contributed by atoms with Crippen molar-refractivity contribution >= 4 is 6.08 Å². The molecule has 5 heteroatoms. The van der Waals surface area contributed by atoms with Crippen molar-refractivity contribution in [2.45, 2.75) is 12.6 Å². The number of allylic oxidation sites excluding steroid dienone is 1. The summed E-state index contributed by atoms with van der Waals surface area (Å²) >= 11 is 0. The highest BCUT2D eigenvalue weighted by atomic mass is 19.4. The topological polar surface area (TPSA) is 47.6 Å². The maximum atomic E-state index is 12.4. The van der Waals surface area contributed by atoms with Crippen LogP contribution in [0.2, 0.25) is 0 Å². The summed E-state index contributed by atoms with van der Waals surface area (Å²) in [6.45, 7) is 0. The van der Waals surface area contributed by atoms with E-state index in [-0.39, 0.29) is 17.5 Å². The molecule has 0 aliphatic heterocycles. The van der Waals surface area contributed by atoms with Gasteiger partial charge in [0.2, 0.25) is 0 Å². The first-order valence-corrected chi connectivity index (χ1v) is 4.64. The smallest absolute Gasteiger partial charge is 0.198 e. The predicted octanol–water partition coefficient (Wildman–Crippen LogP) is 3.50. The highest BCUT2D eigenvalue weighted by molar-refractivity contribution is 5.59. The van der Waals surface area contributed by atoms with Gasteiger partial charge in [0.05, 0.1) is 29.7 Å². The molecule has 86 valence electrons. The van der Waals surface area contributed by atoms with Crippen molar-refractivity contribution in [1.82, 2.24) is 0 Å². The van der Waals surface area contributed by atoms with Gasteiger partial charge in [-0.05, 0) is 23.8 Å². The standard InChI is InChI=1S/C12H7F3N2/c13-12(14,15)11-5-4-10(8-17)9(7-11)3-1-2-6-16/h1,3-5,7H,2H2. The third-order valence-corrected chi connectivity index (χ3v) is 2.01. The van der Waals surface area contributed by atoms with Gasteiger partial charge in [-0.1, -0.05) is 12.2 Å². The van der Waals surface area contributed by atoms with E-state index in [1.54, 1.807) is 6.07 Å². The van der Waals surface area contributed by atoms with Crippen molar-refractivity contribution in [3.05, 3.63) is 41.0 Å². The molecule has 0 fully saturated rings. The number of hydrogen-bond donors (Lipinski definition) is 0. The molecule has 0 saturated heterocycles. The second-order valence-electron chi connectivity index (χ2n) is 3.18. The van der Waals surface area contributed by atoms with Gasteiger partial charge in [0.15, 0.2) is 0 Å². The van der Waals surface area contributed by atoms with Crippen molar-refractivity contribution in [2.75, 3.05) is 0 Å². The summed E-state index contributed by atoms with van der Waals surface area (Å²) in [6, 6.07) is 6.50. The van der Waals surface area contributed by atoms with Crippen molar-refractivity contribution in [2.24, 2.45) is 0 Å². The van der Waals surface area contributed by atoms with Gasteiger partial charge in [-0.3, -0.25) is 0 Å². The van der Waals surface area contributed by atoms with Crippen LogP contribution in [0.5, 0.6) is 0 Å². The second kappa shape index (κ2) is 5.18. The lowest BCUT2D eigenvalue weighted by Gasteiger charge is -2.07. The molecule has 0 aliphatic carbocycles. The zero-order valence-electron chi connectivity index (χ0n) is 8.62. The summed E-state index contributed by atoms with van der Waals surface area (Å²) < 4.78 is 37.3. The molecule has 0 atom stereocenters. The van der Waals surface area contributed by atoms with Crippen LogP contribution in [0.15, 0.2) is 24.3 Å². The summed E-state index contributed by atoms with van der Waals surface area (Å²) in [5, 5.41) is 17.0. The molecular formula is C12H7F3N2. The van der Waals surface area contributed by atoms with E-state index in [1.807, 2.05) is 6.07 Å². The highest BCUT2D eigenvalue weighted by Gasteiger charge is 2.30. The fourth-order valence-corrected chi connectivity index (χ4v) is 1.22. The zero-order valence-corrected chi connectivity index (χ0v) is 8.62. The molecule has 0 radical (unpaired) electrons. The van der Waals surface area contributed by atoms with Crippen LogP contribution >= 0.6 is 0 Å². The van der Waals surface area contributed by atoms with Gasteiger partial charge >= 0.3 is 6.18 Å². The predicted molar refractivity (Wildman–Crippen MR) is 55.4 cm³/mol. The Morgan fingerprint density at radius 1 is 1.24 bits per heavy atom. The third-order valence-electron chi connectivity index (χ3n) is 2.01. The average Bonchev–Trinajstić information content (AvgIpc) is 2.28. The number of nitriles is 2. The van der Waals surface area contributed by atoms with Crippen LogP contribution in [0.25, 0.3) is 6.08 Å². The van der Waals surface area contributed by atoms with Crippen LogP contribution in [0.1, 0.15) is 23.1 Å². The van der Waals surface area contributed by atoms with Gasteiger partial charge in [-0.15, -0.1) is 0 Å². The SMILES string of the molecule is N#CCC=Cc1cc(C(F)(F)F)ccc1C#N. The molecule has 0 unspecified atom stereocenters. The summed E-state index contributed by atoms with van der Waals surface area (Å²) in [5.41, 5.74) is -0.502. The Hall–Kier alpha value is -2.27. The van der Waals surface area contributed by atoms with Crippen molar-refractivity contribution < 1.29 is 13.2 Å². The lowest BCUT2D eigenvalue weighted by Crippen LogP contribution is -2.05. The third kappa shape index (κ3) is 3.35. The molecule has 0 amide bonds. The second-order valence-corrected chi connectivity index (χ2v) is 3.18. The quantitative estimate of drug-likeness (QED) is 0.788. The first-order chi connectivity index (χ1) is 7.99. The maximum absolute atomic E-state index is 12.4. The van der Waals surface area contributed by atoms with Crippen LogP contribution in [0.4, 0.5) is 13.2 Å². The molecule has 0 bridgehead atoms. The van der Waals surface area contributed by atoms with Crippen LogP contribution in [-0.2, 0) is 6.18 Å². The van der Waals surface area contributed by atoms with Crippen molar-refractivity contribution in [3.63, 3.8) is 0 Å². The Kier molecular flexibility index (Phi) is 3.90. The number of nitrogens with zero attached hydrogens (tertiary/aromatic N) is 2. The van der Waals surface area contributed by atoms with E-state index in [2.05, 4.69) is 0 Å². The lowest BCUT2D eigenvalue weighted by atomic mass is 10.0. The molecule has 1 aromatic rings. The van der Waals surface area contributed by atoms with Gasteiger partial charge < -0.3 is 0 Å². The average molecular weight is 236 g/mol. The molecule has 0 spiro atoms. The molecule has 17 heavy (non-hydrogen) atoms. The van der Waals surface area contributed by atoms with Gasteiger partial charge in [0, 0.05) is 0 Å². The van der Waals surface area contributed by atoms with Gasteiger partial charge in [0.25, 0.3) is 0 Å². The van der Waals surface area contributed by atoms with Gasteiger partial charge in [-0.25, -0.2) is 0 Å². The molecule has 0 saturated carbocycles. The number of rotatable bonds is 2. The minimum absolute atomic E-state index is 0.0844. The summed E-state index contributed by atoms with van der Waals surface area (Å²) in [4.78, 5) is 0.